The van der Waals surface area contributed by atoms with Crippen LogP contribution in [0.15, 0.2) is 42.5 Å². The summed E-state index contributed by atoms with van der Waals surface area (Å²) in [4.78, 5) is 25.0. The molecule has 0 bridgehead atoms. The average molecular weight is 542 g/mol. The lowest BCUT2D eigenvalue weighted by molar-refractivity contribution is -0.140. The molecule has 1 heterocycles. The van der Waals surface area contributed by atoms with Crippen molar-refractivity contribution in [1.29, 1.82) is 0 Å². The number of esters is 1. The van der Waals surface area contributed by atoms with Gasteiger partial charge in [0.2, 0.25) is 0 Å². The zero-order valence-corrected chi connectivity index (χ0v) is 24.1. The Morgan fingerprint density at radius 2 is 1.68 bits per heavy atom. The van der Waals surface area contributed by atoms with Crippen LogP contribution in [0.1, 0.15) is 64.9 Å². The zero-order chi connectivity index (χ0) is 27.2. The molecule has 2 aromatic carbocycles. The van der Waals surface area contributed by atoms with Crippen LogP contribution in [0, 0.1) is 13.8 Å². The minimum Gasteiger partial charge on any atom is -0.494 e. The minimum atomic E-state index is -0.361. The summed E-state index contributed by atoms with van der Waals surface area (Å²) < 4.78 is 10.6. The van der Waals surface area contributed by atoms with E-state index in [0.29, 0.717) is 16.5 Å². The molecule has 0 aliphatic carbocycles. The molecule has 1 amide bonds. The number of carbonyl (C=O) groups is 2. The van der Waals surface area contributed by atoms with Crippen LogP contribution in [-0.2, 0) is 21.4 Å². The van der Waals surface area contributed by atoms with Gasteiger partial charge in [0.25, 0.3) is 5.91 Å². The van der Waals surface area contributed by atoms with Gasteiger partial charge in [-0.15, -0.1) is 11.3 Å². The lowest BCUT2D eigenvalue weighted by Crippen LogP contribution is -2.25. The summed E-state index contributed by atoms with van der Waals surface area (Å²) in [6.07, 6.45) is 1.63. The predicted molar refractivity (Wildman–Crippen MR) is 152 cm³/mol. The number of hydrogen-bond donors (Lipinski definition) is 1. The van der Waals surface area contributed by atoms with Gasteiger partial charge in [-0.25, -0.2) is 0 Å². The number of rotatable bonds is 10. The van der Waals surface area contributed by atoms with E-state index >= 15 is 0 Å². The molecular weight excluding hydrogens is 506 g/mol. The van der Waals surface area contributed by atoms with Crippen molar-refractivity contribution in [2.45, 2.75) is 59.3 Å². The zero-order valence-electron chi connectivity index (χ0n) is 22.5. The van der Waals surface area contributed by atoms with Crippen LogP contribution in [-0.4, -0.2) is 32.1 Å². The number of thiophene rings is 1. The van der Waals surface area contributed by atoms with Crippen molar-refractivity contribution in [3.63, 3.8) is 0 Å². The summed E-state index contributed by atoms with van der Waals surface area (Å²) >= 11 is 7.73. The lowest BCUT2D eigenvalue weighted by atomic mass is 9.85. The number of ether oxygens (including phenoxy) is 2. The second kappa shape index (κ2) is 12.6. The van der Waals surface area contributed by atoms with Crippen LogP contribution in [0.5, 0.6) is 5.75 Å². The number of hydrogen-bond acceptors (Lipinski definition) is 5. The highest BCUT2D eigenvalue weighted by Gasteiger charge is 2.16. The molecule has 0 saturated carbocycles. The fraction of sp³-hybridized carbons (Fsp3) is 0.400. The molecular formula is C30H36ClNO4S. The molecule has 7 heteroatoms. The number of aryl methyl sites for hydroxylation is 3. The Bertz CT molecular complexity index is 1220. The standard InChI is InChI=1S/C30H36ClNO4S/c1-19-16-23(17-20(2)28(19)21-9-11-22(12-10-21)30(3,4)5)36-15-7-8-25-24(31)18-26(37-25)29(34)32-14-13-27(33)35-6/h9-12,16-18H,7-8,13-15H2,1-6H3,(H,32,34). The van der Waals surface area contributed by atoms with Crippen molar-refractivity contribution in [1.82, 2.24) is 5.32 Å². The Hall–Kier alpha value is -2.83. The second-order valence-electron chi connectivity index (χ2n) is 10.2. The summed E-state index contributed by atoms with van der Waals surface area (Å²) in [6.45, 7) is 11.7. The van der Waals surface area contributed by atoms with Crippen LogP contribution < -0.4 is 10.1 Å². The van der Waals surface area contributed by atoms with Gasteiger partial charge in [0, 0.05) is 11.4 Å². The van der Waals surface area contributed by atoms with Crippen LogP contribution in [0.25, 0.3) is 11.1 Å². The van der Waals surface area contributed by atoms with Crippen molar-refractivity contribution in [2.24, 2.45) is 0 Å². The minimum absolute atomic E-state index is 0.132. The van der Waals surface area contributed by atoms with Crippen LogP contribution in [0.4, 0.5) is 0 Å². The number of carbonyl (C=O) groups excluding carboxylic acids is 2. The fourth-order valence-corrected chi connectivity index (χ4v) is 5.57. The van der Waals surface area contributed by atoms with Gasteiger partial charge in [0.05, 0.1) is 30.0 Å². The van der Waals surface area contributed by atoms with E-state index in [9.17, 15) is 9.59 Å². The number of methoxy groups -OCH3 is 1. The van der Waals surface area contributed by atoms with E-state index in [1.807, 2.05) is 0 Å². The van der Waals surface area contributed by atoms with E-state index in [1.54, 1.807) is 6.07 Å². The molecule has 0 aliphatic rings. The molecule has 198 valence electrons. The summed E-state index contributed by atoms with van der Waals surface area (Å²) in [5, 5.41) is 3.30. The SMILES string of the molecule is COC(=O)CCNC(=O)c1cc(Cl)c(CCCOc2cc(C)c(-c3ccc(C(C)(C)C)cc3)c(C)c2)s1. The quantitative estimate of drug-likeness (QED) is 0.216. The largest absolute Gasteiger partial charge is 0.494 e. The third kappa shape index (κ3) is 7.83. The summed E-state index contributed by atoms with van der Waals surface area (Å²) in [6, 6.07) is 14.7. The molecule has 3 rings (SSSR count). The molecule has 0 aliphatic heterocycles. The molecule has 0 fully saturated rings. The molecule has 0 radical (unpaired) electrons. The van der Waals surface area contributed by atoms with Crippen LogP contribution in [0.3, 0.4) is 0 Å². The lowest BCUT2D eigenvalue weighted by Gasteiger charge is -2.20. The van der Waals surface area contributed by atoms with E-state index in [2.05, 4.69) is 81.1 Å². The maximum atomic E-state index is 12.3. The molecule has 5 nitrogen and oxygen atoms in total. The molecule has 37 heavy (non-hydrogen) atoms. The van der Waals surface area contributed by atoms with Gasteiger partial charge in [-0.05, 0) is 78.1 Å². The van der Waals surface area contributed by atoms with E-state index in [-0.39, 0.29) is 30.3 Å². The first kappa shape index (κ1) is 28.7. The topological polar surface area (TPSA) is 64.6 Å². The Balaban J connectivity index is 1.54. The molecule has 0 atom stereocenters. The van der Waals surface area contributed by atoms with E-state index in [0.717, 1.165) is 23.5 Å². The van der Waals surface area contributed by atoms with Gasteiger partial charge in [-0.2, -0.15) is 0 Å². The Kier molecular flexibility index (Phi) is 9.80. The summed E-state index contributed by atoms with van der Waals surface area (Å²) in [5.74, 6) is 0.255. The van der Waals surface area contributed by atoms with Gasteiger partial charge < -0.3 is 14.8 Å². The molecule has 0 unspecified atom stereocenters. The first-order valence-electron chi connectivity index (χ1n) is 12.5. The van der Waals surface area contributed by atoms with Gasteiger partial charge in [-0.1, -0.05) is 56.6 Å². The summed E-state index contributed by atoms with van der Waals surface area (Å²) in [7, 11) is 1.32. The molecule has 3 aromatic rings. The van der Waals surface area contributed by atoms with Crippen molar-refractivity contribution in [2.75, 3.05) is 20.3 Å². The Morgan fingerprint density at radius 3 is 2.27 bits per heavy atom. The number of halogens is 1. The van der Waals surface area contributed by atoms with Gasteiger partial charge >= 0.3 is 5.97 Å². The van der Waals surface area contributed by atoms with Crippen molar-refractivity contribution >= 4 is 34.8 Å². The second-order valence-corrected chi connectivity index (χ2v) is 11.7. The molecule has 1 aromatic heterocycles. The highest BCUT2D eigenvalue weighted by molar-refractivity contribution is 7.14. The van der Waals surface area contributed by atoms with Crippen LogP contribution in [0.2, 0.25) is 5.02 Å². The first-order chi connectivity index (χ1) is 17.5. The smallest absolute Gasteiger partial charge is 0.307 e. The third-order valence-electron chi connectivity index (χ3n) is 6.19. The van der Waals surface area contributed by atoms with Gasteiger partial charge in [-0.3, -0.25) is 9.59 Å². The highest BCUT2D eigenvalue weighted by atomic mass is 35.5. The first-order valence-corrected chi connectivity index (χ1v) is 13.7. The van der Waals surface area contributed by atoms with Crippen molar-refractivity contribution in [3.05, 3.63) is 73.9 Å². The Labute approximate surface area is 229 Å². The molecule has 0 saturated heterocycles. The predicted octanol–water partition coefficient (Wildman–Crippen LogP) is 7.29. The highest BCUT2D eigenvalue weighted by Crippen LogP contribution is 2.33. The molecule has 0 spiro atoms. The monoisotopic (exact) mass is 541 g/mol. The average Bonchev–Trinajstić information content (AvgIpc) is 3.21. The van der Waals surface area contributed by atoms with Crippen LogP contribution >= 0.6 is 22.9 Å². The van der Waals surface area contributed by atoms with Crippen molar-refractivity contribution < 1.29 is 19.1 Å². The van der Waals surface area contributed by atoms with Gasteiger partial charge in [0.15, 0.2) is 0 Å². The number of nitrogens with one attached hydrogen (secondary N) is 1. The third-order valence-corrected chi connectivity index (χ3v) is 7.83. The summed E-state index contributed by atoms with van der Waals surface area (Å²) in [5.41, 5.74) is 6.28. The van der Waals surface area contributed by atoms with Gasteiger partial charge in [0.1, 0.15) is 5.75 Å². The van der Waals surface area contributed by atoms with E-state index in [4.69, 9.17) is 16.3 Å². The van der Waals surface area contributed by atoms with E-state index < -0.39 is 0 Å². The van der Waals surface area contributed by atoms with E-state index in [1.165, 1.54) is 46.3 Å². The number of amides is 1. The maximum absolute atomic E-state index is 12.3. The number of benzene rings is 2. The Morgan fingerprint density at radius 1 is 1.03 bits per heavy atom. The van der Waals surface area contributed by atoms with Crippen molar-refractivity contribution in [3.8, 4) is 16.9 Å². The normalized spacial score (nSPS) is 11.3. The molecule has 1 N–H and O–H groups in total. The fourth-order valence-electron chi connectivity index (χ4n) is 4.18. The maximum Gasteiger partial charge on any atom is 0.307 e.